The van der Waals surface area contributed by atoms with Crippen LogP contribution in [-0.4, -0.2) is 26.5 Å². The Balaban J connectivity index is 1.44. The molecule has 0 atom stereocenters. The van der Waals surface area contributed by atoms with Crippen LogP contribution < -0.4 is 10.9 Å². The summed E-state index contributed by atoms with van der Waals surface area (Å²) >= 11 is 1.34. The number of fused-ring (bicyclic) bond motifs is 1. The monoisotopic (exact) mass is 438 g/mol. The maximum Gasteiger partial charge on any atom is 0.338 e. The van der Waals surface area contributed by atoms with E-state index < -0.39 is 11.9 Å². The van der Waals surface area contributed by atoms with E-state index >= 15 is 0 Å². The zero-order valence-corrected chi connectivity index (χ0v) is 17.3. The highest BCUT2D eigenvalue weighted by Crippen LogP contribution is 2.16. The molecule has 0 aliphatic rings. The summed E-state index contributed by atoms with van der Waals surface area (Å²) in [7, 11) is 0. The van der Waals surface area contributed by atoms with Gasteiger partial charge in [0.2, 0.25) is 4.96 Å². The van der Waals surface area contributed by atoms with E-state index in [0.717, 1.165) is 17.8 Å². The third-order valence-electron chi connectivity index (χ3n) is 4.26. The van der Waals surface area contributed by atoms with Gasteiger partial charge >= 0.3 is 5.97 Å². The molecule has 1 amide bonds. The maximum absolute atomic E-state index is 12.4. The number of hydrogen-bond acceptors (Lipinski definition) is 8. The van der Waals surface area contributed by atoms with E-state index in [9.17, 15) is 14.4 Å². The van der Waals surface area contributed by atoms with Gasteiger partial charge in [0, 0.05) is 18.2 Å². The SMILES string of the molecule is CCCc1nn2c(=O)cc(COC(=O)c3cccc(NC(=O)c4ccco4)c3)nc2s1. The lowest BCUT2D eigenvalue weighted by atomic mass is 10.2. The Morgan fingerprint density at radius 1 is 1.23 bits per heavy atom. The normalized spacial score (nSPS) is 10.9. The molecule has 0 saturated heterocycles. The summed E-state index contributed by atoms with van der Waals surface area (Å²) in [6.07, 6.45) is 3.08. The highest BCUT2D eigenvalue weighted by Gasteiger charge is 2.14. The molecule has 31 heavy (non-hydrogen) atoms. The van der Waals surface area contributed by atoms with Crippen LogP contribution in [0.3, 0.4) is 0 Å². The Morgan fingerprint density at radius 3 is 2.87 bits per heavy atom. The largest absolute Gasteiger partial charge is 0.459 e. The molecule has 1 aromatic carbocycles. The first-order valence-corrected chi connectivity index (χ1v) is 10.4. The van der Waals surface area contributed by atoms with Crippen molar-refractivity contribution in [2.24, 2.45) is 0 Å². The number of aromatic nitrogens is 3. The zero-order valence-electron chi connectivity index (χ0n) is 16.5. The van der Waals surface area contributed by atoms with E-state index in [0.29, 0.717) is 16.3 Å². The molecule has 0 radical (unpaired) electrons. The van der Waals surface area contributed by atoms with E-state index in [2.05, 4.69) is 15.4 Å². The average Bonchev–Trinajstić information content (AvgIpc) is 3.43. The quantitative estimate of drug-likeness (QED) is 0.440. The third kappa shape index (κ3) is 4.69. The highest BCUT2D eigenvalue weighted by atomic mass is 32.1. The molecule has 0 bridgehead atoms. The van der Waals surface area contributed by atoms with Crippen LogP contribution >= 0.6 is 11.3 Å². The molecule has 9 nitrogen and oxygen atoms in total. The molecular weight excluding hydrogens is 420 g/mol. The zero-order chi connectivity index (χ0) is 21.8. The molecule has 0 saturated carbocycles. The topological polar surface area (TPSA) is 116 Å². The van der Waals surface area contributed by atoms with Crippen LogP contribution in [0, 0.1) is 0 Å². The Morgan fingerprint density at radius 2 is 2.10 bits per heavy atom. The number of furan rings is 1. The number of benzene rings is 1. The summed E-state index contributed by atoms with van der Waals surface area (Å²) in [6, 6.07) is 10.8. The number of nitrogens with one attached hydrogen (secondary N) is 1. The van der Waals surface area contributed by atoms with Gasteiger partial charge in [0.25, 0.3) is 11.5 Å². The highest BCUT2D eigenvalue weighted by molar-refractivity contribution is 7.16. The maximum atomic E-state index is 12.4. The number of hydrogen-bond donors (Lipinski definition) is 1. The summed E-state index contributed by atoms with van der Waals surface area (Å²) in [5, 5.41) is 7.73. The summed E-state index contributed by atoms with van der Waals surface area (Å²) in [6.45, 7) is 1.87. The van der Waals surface area contributed by atoms with Gasteiger partial charge in [0.1, 0.15) is 11.6 Å². The summed E-state index contributed by atoms with van der Waals surface area (Å²) in [4.78, 5) is 41.6. The number of carbonyl (C=O) groups excluding carboxylic acids is 2. The fourth-order valence-corrected chi connectivity index (χ4v) is 3.85. The van der Waals surface area contributed by atoms with Gasteiger partial charge < -0.3 is 14.5 Å². The first kappa shape index (κ1) is 20.5. The van der Waals surface area contributed by atoms with Gasteiger partial charge in [-0.3, -0.25) is 9.59 Å². The van der Waals surface area contributed by atoms with Crippen LogP contribution in [0.1, 0.15) is 45.0 Å². The molecule has 0 aliphatic carbocycles. The number of amides is 1. The van der Waals surface area contributed by atoms with Gasteiger partial charge in [-0.05, 0) is 36.8 Å². The summed E-state index contributed by atoms with van der Waals surface area (Å²) < 4.78 is 11.6. The Kier molecular flexibility index (Phi) is 5.89. The molecule has 1 N–H and O–H groups in total. The van der Waals surface area contributed by atoms with E-state index in [4.69, 9.17) is 9.15 Å². The lowest BCUT2D eigenvalue weighted by molar-refractivity contribution is 0.0467. The van der Waals surface area contributed by atoms with E-state index in [1.165, 1.54) is 40.3 Å². The van der Waals surface area contributed by atoms with Crippen LogP contribution in [0.2, 0.25) is 0 Å². The number of aryl methyl sites for hydroxylation is 1. The molecule has 4 rings (SSSR count). The van der Waals surface area contributed by atoms with E-state index in [1.807, 2.05) is 6.92 Å². The minimum Gasteiger partial charge on any atom is -0.459 e. The number of anilines is 1. The Labute approximate surface area is 180 Å². The Bertz CT molecular complexity index is 1290. The van der Waals surface area contributed by atoms with Gasteiger partial charge in [0.05, 0.1) is 17.5 Å². The van der Waals surface area contributed by atoms with Crippen LogP contribution in [0.4, 0.5) is 5.69 Å². The fourth-order valence-electron chi connectivity index (χ4n) is 2.83. The lowest BCUT2D eigenvalue weighted by Gasteiger charge is -2.07. The second-order valence-corrected chi connectivity index (χ2v) is 7.65. The first-order valence-electron chi connectivity index (χ1n) is 9.54. The fraction of sp³-hybridized carbons (Fsp3) is 0.190. The molecule has 4 aromatic rings. The van der Waals surface area contributed by atoms with Gasteiger partial charge in [-0.25, -0.2) is 9.78 Å². The van der Waals surface area contributed by atoms with Crippen molar-refractivity contribution in [3.63, 3.8) is 0 Å². The first-order chi connectivity index (χ1) is 15.0. The van der Waals surface area contributed by atoms with Crippen LogP contribution in [0.25, 0.3) is 4.96 Å². The summed E-state index contributed by atoms with van der Waals surface area (Å²) in [5.41, 5.74) is 0.685. The third-order valence-corrected chi connectivity index (χ3v) is 5.22. The second-order valence-electron chi connectivity index (χ2n) is 6.61. The van der Waals surface area contributed by atoms with Crippen LogP contribution in [-0.2, 0) is 17.8 Å². The van der Waals surface area contributed by atoms with Crippen molar-refractivity contribution in [2.75, 3.05) is 5.32 Å². The molecular formula is C21H18N4O5S. The molecule has 0 aliphatic heterocycles. The summed E-state index contributed by atoms with van der Waals surface area (Å²) in [5.74, 6) is -0.876. The molecule has 3 aromatic heterocycles. The van der Waals surface area contributed by atoms with Crippen molar-refractivity contribution in [2.45, 2.75) is 26.4 Å². The van der Waals surface area contributed by atoms with Gasteiger partial charge in [0.15, 0.2) is 5.76 Å². The van der Waals surface area contributed by atoms with Crippen LogP contribution in [0.5, 0.6) is 0 Å². The van der Waals surface area contributed by atoms with Crippen molar-refractivity contribution in [3.8, 4) is 0 Å². The van der Waals surface area contributed by atoms with Crippen LogP contribution in [0.15, 0.2) is 57.9 Å². The minimum atomic E-state index is -0.605. The standard InChI is InChI=1S/C21H18N4O5S/c1-2-5-17-24-25-18(26)11-15(23-21(25)31-17)12-30-20(28)13-6-3-7-14(10-13)22-19(27)16-8-4-9-29-16/h3-4,6-11H,2,5,12H2,1H3,(H,22,27). The number of nitrogens with zero attached hydrogens (tertiary/aromatic N) is 3. The molecule has 10 heteroatoms. The average molecular weight is 438 g/mol. The molecule has 0 spiro atoms. The smallest absolute Gasteiger partial charge is 0.338 e. The predicted octanol–water partition coefficient (Wildman–Crippen LogP) is 3.31. The van der Waals surface area contributed by atoms with Gasteiger partial charge in [-0.2, -0.15) is 9.61 Å². The molecule has 3 heterocycles. The van der Waals surface area contributed by atoms with E-state index in [1.54, 1.807) is 24.3 Å². The number of rotatable bonds is 7. The van der Waals surface area contributed by atoms with Gasteiger partial charge in [-0.15, -0.1) is 0 Å². The predicted molar refractivity (Wildman–Crippen MR) is 113 cm³/mol. The minimum absolute atomic E-state index is 0.158. The number of esters is 1. The molecule has 0 unspecified atom stereocenters. The number of carbonyl (C=O) groups is 2. The van der Waals surface area contributed by atoms with Crippen molar-refractivity contribution in [1.29, 1.82) is 0 Å². The van der Waals surface area contributed by atoms with Crippen molar-refractivity contribution in [1.82, 2.24) is 14.6 Å². The van der Waals surface area contributed by atoms with E-state index in [-0.39, 0.29) is 23.5 Å². The number of ether oxygens (including phenoxy) is 1. The molecule has 0 fully saturated rings. The van der Waals surface area contributed by atoms with Gasteiger partial charge in [-0.1, -0.05) is 24.3 Å². The van der Waals surface area contributed by atoms with Crippen molar-refractivity contribution in [3.05, 3.63) is 81.1 Å². The molecule has 158 valence electrons. The van der Waals surface area contributed by atoms with Crippen molar-refractivity contribution >= 4 is 33.9 Å². The second kappa shape index (κ2) is 8.92. The van der Waals surface area contributed by atoms with Crippen molar-refractivity contribution < 1.29 is 18.7 Å². The lowest BCUT2D eigenvalue weighted by Crippen LogP contribution is -2.17. The Hall–Kier alpha value is -3.79.